The zero-order chi connectivity index (χ0) is 18.2. The van der Waals surface area contributed by atoms with Gasteiger partial charge in [0.05, 0.1) is 11.2 Å². The smallest absolute Gasteiger partial charge is 0.405 e. The highest BCUT2D eigenvalue weighted by atomic mass is 32.1. The van der Waals surface area contributed by atoms with E-state index < -0.39 is 24.7 Å². The fraction of sp³-hybridized carbons (Fsp3) is 0.500. The highest BCUT2D eigenvalue weighted by Crippen LogP contribution is 2.39. The molecule has 2 rings (SSSR count). The summed E-state index contributed by atoms with van der Waals surface area (Å²) in [5, 5.41) is 0. The van der Waals surface area contributed by atoms with E-state index in [1.165, 1.54) is 18.2 Å². The minimum atomic E-state index is -4.75. The maximum atomic E-state index is 12.5. The Kier molecular flexibility index (Phi) is 5.32. The molecule has 0 aliphatic carbocycles. The molecule has 8 heteroatoms. The summed E-state index contributed by atoms with van der Waals surface area (Å²) in [5.41, 5.74) is -0.174. The molecule has 1 fully saturated rings. The van der Waals surface area contributed by atoms with Gasteiger partial charge >= 0.3 is 13.5 Å². The van der Waals surface area contributed by atoms with Gasteiger partial charge in [-0.3, -0.25) is 0 Å². The van der Waals surface area contributed by atoms with Crippen molar-refractivity contribution in [1.29, 1.82) is 0 Å². The van der Waals surface area contributed by atoms with Gasteiger partial charge in [0, 0.05) is 11.3 Å². The lowest BCUT2D eigenvalue weighted by atomic mass is 9.78. The number of benzene rings is 1. The quantitative estimate of drug-likeness (QED) is 0.632. The Morgan fingerprint density at radius 1 is 1.17 bits per heavy atom. The second kappa shape index (κ2) is 6.65. The van der Waals surface area contributed by atoms with Gasteiger partial charge in [0.2, 0.25) is 0 Å². The highest BCUT2D eigenvalue weighted by Gasteiger charge is 2.52. The van der Waals surface area contributed by atoms with Crippen LogP contribution < -0.4 is 4.74 Å². The van der Waals surface area contributed by atoms with Crippen LogP contribution in [0.1, 0.15) is 33.3 Å². The molecule has 24 heavy (non-hydrogen) atoms. The summed E-state index contributed by atoms with van der Waals surface area (Å²) >= 11 is 4.26. The van der Waals surface area contributed by atoms with Crippen molar-refractivity contribution >= 4 is 25.8 Å². The van der Waals surface area contributed by atoms with E-state index in [-0.39, 0.29) is 17.1 Å². The monoisotopic (exact) mass is 360 g/mol. The Morgan fingerprint density at radius 3 is 2.21 bits per heavy atom. The van der Waals surface area contributed by atoms with E-state index in [9.17, 15) is 13.2 Å². The van der Waals surface area contributed by atoms with Crippen molar-refractivity contribution in [1.82, 2.24) is 0 Å². The predicted octanol–water partition coefficient (Wildman–Crippen LogP) is 4.53. The molecule has 1 aliphatic rings. The molecular weight excluding hydrogens is 340 g/mol. The molecule has 0 unspecified atom stereocenters. The van der Waals surface area contributed by atoms with Gasteiger partial charge in [-0.25, -0.2) is 0 Å². The summed E-state index contributed by atoms with van der Waals surface area (Å²) in [6, 6.07) is 5.92. The number of rotatable bonds is 4. The van der Waals surface area contributed by atoms with Crippen LogP contribution in [0.5, 0.6) is 5.75 Å². The summed E-state index contributed by atoms with van der Waals surface area (Å²) in [6.07, 6.45) is -3.19. The van der Waals surface area contributed by atoms with E-state index >= 15 is 0 Å². The third-order valence-corrected chi connectivity index (χ3v) is 4.59. The Balaban J connectivity index is 2.33. The van der Waals surface area contributed by atoms with Crippen LogP contribution in [0.3, 0.4) is 0 Å². The average Bonchev–Trinajstić information content (AvgIpc) is 2.64. The Hall–Kier alpha value is -1.12. The van der Waals surface area contributed by atoms with Gasteiger partial charge in [-0.15, -0.1) is 13.2 Å². The second-order valence-electron chi connectivity index (χ2n) is 6.55. The molecule has 0 N–H and O–H groups in total. The first kappa shape index (κ1) is 19.2. The van der Waals surface area contributed by atoms with Crippen molar-refractivity contribution in [2.24, 2.45) is 0 Å². The van der Waals surface area contributed by atoms with E-state index in [0.29, 0.717) is 5.47 Å². The van der Waals surface area contributed by atoms with Gasteiger partial charge in [0.1, 0.15) is 5.75 Å². The number of halogens is 3. The third kappa shape index (κ3) is 4.29. The molecule has 0 bridgehead atoms. The summed E-state index contributed by atoms with van der Waals surface area (Å²) < 4.78 is 53.5. The molecule has 3 nitrogen and oxygen atoms in total. The zero-order valence-corrected chi connectivity index (χ0v) is 14.9. The highest BCUT2D eigenvalue weighted by molar-refractivity contribution is 7.80. The molecule has 1 saturated heterocycles. The van der Waals surface area contributed by atoms with Crippen LogP contribution >= 0.6 is 12.6 Å². The standard InChI is InChI=1S/C16H20BF3O3S/c1-14(2)15(3,4)23-17(22-14)12(10-24)9-11-7-5-6-8-13(11)21-16(18,19)20/h5-9,24H,10H2,1-4H3. The van der Waals surface area contributed by atoms with Crippen molar-refractivity contribution in [3.8, 4) is 5.75 Å². The topological polar surface area (TPSA) is 27.7 Å². The third-order valence-electron chi connectivity index (χ3n) is 4.22. The van der Waals surface area contributed by atoms with Crippen molar-refractivity contribution in [3.63, 3.8) is 0 Å². The van der Waals surface area contributed by atoms with Crippen molar-refractivity contribution in [2.75, 3.05) is 5.75 Å². The number of hydrogen-bond acceptors (Lipinski definition) is 4. The normalized spacial score (nSPS) is 20.3. The molecule has 0 radical (unpaired) electrons. The van der Waals surface area contributed by atoms with Gasteiger partial charge in [-0.05, 0) is 39.2 Å². The van der Waals surface area contributed by atoms with Crippen LogP contribution in [0.15, 0.2) is 29.7 Å². The van der Waals surface area contributed by atoms with Crippen molar-refractivity contribution in [3.05, 3.63) is 35.3 Å². The Labute approximate surface area is 145 Å². The molecule has 1 aromatic carbocycles. The average molecular weight is 360 g/mol. The largest absolute Gasteiger partial charge is 0.573 e. The lowest BCUT2D eigenvalue weighted by Gasteiger charge is -2.32. The zero-order valence-electron chi connectivity index (χ0n) is 14.0. The first-order valence-corrected chi connectivity index (χ1v) is 8.10. The Bertz CT molecular complexity index is 613. The first-order chi connectivity index (χ1) is 11.0. The van der Waals surface area contributed by atoms with Crippen LogP contribution in [-0.2, 0) is 9.31 Å². The van der Waals surface area contributed by atoms with Gasteiger partial charge < -0.3 is 14.0 Å². The summed E-state index contributed by atoms with van der Waals surface area (Å²) in [5.74, 6) is -0.00206. The maximum absolute atomic E-state index is 12.5. The SMILES string of the molecule is CC1(C)OB(C(=Cc2ccccc2OC(F)(F)F)CS)OC1(C)C. The molecule has 1 heterocycles. The predicted molar refractivity (Wildman–Crippen MR) is 91.0 cm³/mol. The molecule has 0 aromatic heterocycles. The number of ether oxygens (including phenoxy) is 1. The number of hydrogen-bond donors (Lipinski definition) is 1. The molecule has 1 aliphatic heterocycles. The molecule has 0 amide bonds. The van der Waals surface area contributed by atoms with Gasteiger partial charge in [-0.1, -0.05) is 24.3 Å². The van der Waals surface area contributed by atoms with Gasteiger partial charge in [-0.2, -0.15) is 12.6 Å². The van der Waals surface area contributed by atoms with E-state index in [2.05, 4.69) is 17.4 Å². The first-order valence-electron chi connectivity index (χ1n) is 7.47. The lowest BCUT2D eigenvalue weighted by Crippen LogP contribution is -2.41. The molecule has 0 saturated carbocycles. The number of para-hydroxylation sites is 1. The minimum absolute atomic E-state index is 0.275. The van der Waals surface area contributed by atoms with Crippen molar-refractivity contribution < 1.29 is 27.2 Å². The fourth-order valence-corrected chi connectivity index (χ4v) is 2.44. The van der Waals surface area contributed by atoms with Crippen LogP contribution in [0.4, 0.5) is 13.2 Å². The molecular formula is C16H20BF3O3S. The van der Waals surface area contributed by atoms with Gasteiger partial charge in [0.25, 0.3) is 0 Å². The second-order valence-corrected chi connectivity index (χ2v) is 6.87. The number of thiol groups is 1. The minimum Gasteiger partial charge on any atom is -0.405 e. The summed E-state index contributed by atoms with van der Waals surface area (Å²) in [6.45, 7) is 7.63. The molecule has 132 valence electrons. The molecule has 1 aromatic rings. The van der Waals surface area contributed by atoms with Crippen LogP contribution in [0, 0.1) is 0 Å². The lowest BCUT2D eigenvalue weighted by molar-refractivity contribution is -0.274. The Morgan fingerprint density at radius 2 is 1.71 bits per heavy atom. The maximum Gasteiger partial charge on any atom is 0.573 e. The van der Waals surface area contributed by atoms with Crippen LogP contribution in [0.25, 0.3) is 6.08 Å². The summed E-state index contributed by atoms with van der Waals surface area (Å²) in [7, 11) is -0.675. The number of alkyl halides is 3. The van der Waals surface area contributed by atoms with E-state index in [1.807, 2.05) is 27.7 Å². The van der Waals surface area contributed by atoms with E-state index in [0.717, 1.165) is 0 Å². The van der Waals surface area contributed by atoms with E-state index in [4.69, 9.17) is 9.31 Å². The molecule has 0 spiro atoms. The summed E-state index contributed by atoms with van der Waals surface area (Å²) in [4.78, 5) is 0. The fourth-order valence-electron chi connectivity index (χ4n) is 2.20. The van der Waals surface area contributed by atoms with Gasteiger partial charge in [0.15, 0.2) is 0 Å². The van der Waals surface area contributed by atoms with Crippen LogP contribution in [0.2, 0.25) is 0 Å². The van der Waals surface area contributed by atoms with Crippen molar-refractivity contribution in [2.45, 2.75) is 45.3 Å². The van der Waals surface area contributed by atoms with Crippen LogP contribution in [-0.4, -0.2) is 30.4 Å². The molecule has 0 atom stereocenters. The van der Waals surface area contributed by atoms with E-state index in [1.54, 1.807) is 12.1 Å².